The highest BCUT2D eigenvalue weighted by Crippen LogP contribution is 2.31. The average Bonchev–Trinajstić information content (AvgIpc) is 2.25. The van der Waals surface area contributed by atoms with Gasteiger partial charge in [0.05, 0.1) is 20.1 Å². The van der Waals surface area contributed by atoms with E-state index in [2.05, 4.69) is 26.0 Å². The van der Waals surface area contributed by atoms with E-state index >= 15 is 0 Å². The number of hydrogen-bond acceptors (Lipinski definition) is 2. The van der Waals surface area contributed by atoms with Gasteiger partial charge in [0.1, 0.15) is 11.5 Å². The smallest absolute Gasteiger partial charge is 0.102 e. The highest BCUT2D eigenvalue weighted by Gasteiger charge is 2.23. The summed E-state index contributed by atoms with van der Waals surface area (Å²) >= 11 is 0. The highest BCUT2D eigenvalue weighted by molar-refractivity contribution is 5.19. The Morgan fingerprint density at radius 3 is 2.13 bits per heavy atom. The third-order valence-corrected chi connectivity index (χ3v) is 2.83. The van der Waals surface area contributed by atoms with Crippen molar-refractivity contribution in [2.24, 2.45) is 11.8 Å². The Morgan fingerprint density at radius 1 is 1.20 bits per heavy atom. The van der Waals surface area contributed by atoms with Crippen LogP contribution in [0.25, 0.3) is 0 Å². The molecular formula is C13H22O2. The van der Waals surface area contributed by atoms with Crippen LogP contribution in [0.2, 0.25) is 0 Å². The van der Waals surface area contributed by atoms with Crippen LogP contribution in [0, 0.1) is 11.8 Å². The van der Waals surface area contributed by atoms with Gasteiger partial charge < -0.3 is 9.47 Å². The van der Waals surface area contributed by atoms with Crippen molar-refractivity contribution >= 4 is 0 Å². The molecular weight excluding hydrogens is 188 g/mol. The average molecular weight is 210 g/mol. The summed E-state index contributed by atoms with van der Waals surface area (Å²) in [5.74, 6) is 3.18. The molecule has 0 amide bonds. The predicted octanol–water partition coefficient (Wildman–Crippen LogP) is 3.50. The normalized spacial score (nSPS) is 17.4. The Labute approximate surface area is 93.0 Å². The van der Waals surface area contributed by atoms with Crippen molar-refractivity contribution in [3.8, 4) is 0 Å². The van der Waals surface area contributed by atoms with Crippen molar-refractivity contribution in [3.05, 3.63) is 23.7 Å². The molecule has 0 fully saturated rings. The number of methoxy groups -OCH3 is 2. The molecule has 1 rings (SSSR count). The monoisotopic (exact) mass is 210 g/mol. The van der Waals surface area contributed by atoms with Gasteiger partial charge in [-0.3, -0.25) is 0 Å². The molecule has 0 aromatic heterocycles. The molecule has 86 valence electrons. The lowest BCUT2D eigenvalue weighted by Gasteiger charge is -2.25. The second-order valence-corrected chi connectivity index (χ2v) is 4.38. The quantitative estimate of drug-likeness (QED) is 0.691. The minimum Gasteiger partial charge on any atom is -0.501 e. The number of ether oxygens (including phenoxy) is 2. The molecule has 0 atom stereocenters. The third kappa shape index (κ3) is 3.29. The standard InChI is InChI=1S/C13H22O2/c1-10(2)8-9-11-12(14-3)6-5-7-13(11)15-4/h6-7,10-11H,5,8-9H2,1-4H3. The summed E-state index contributed by atoms with van der Waals surface area (Å²) in [7, 11) is 3.49. The highest BCUT2D eigenvalue weighted by atomic mass is 16.5. The summed E-state index contributed by atoms with van der Waals surface area (Å²) in [6, 6.07) is 0. The van der Waals surface area contributed by atoms with E-state index in [4.69, 9.17) is 9.47 Å². The van der Waals surface area contributed by atoms with Crippen LogP contribution in [0.1, 0.15) is 33.1 Å². The maximum absolute atomic E-state index is 5.41. The molecule has 0 N–H and O–H groups in total. The van der Waals surface area contributed by atoms with E-state index in [1.54, 1.807) is 14.2 Å². The first kappa shape index (κ1) is 12.2. The van der Waals surface area contributed by atoms with Gasteiger partial charge in [0.2, 0.25) is 0 Å². The van der Waals surface area contributed by atoms with Gasteiger partial charge in [-0.15, -0.1) is 0 Å². The minimum atomic E-state index is 0.330. The topological polar surface area (TPSA) is 18.5 Å². The Bertz CT molecular complexity index is 231. The molecule has 0 aliphatic heterocycles. The predicted molar refractivity (Wildman–Crippen MR) is 62.4 cm³/mol. The van der Waals surface area contributed by atoms with Crippen molar-refractivity contribution in [1.82, 2.24) is 0 Å². The van der Waals surface area contributed by atoms with Crippen molar-refractivity contribution in [1.29, 1.82) is 0 Å². The van der Waals surface area contributed by atoms with Crippen LogP contribution >= 0.6 is 0 Å². The van der Waals surface area contributed by atoms with Crippen molar-refractivity contribution in [2.45, 2.75) is 33.1 Å². The fraction of sp³-hybridized carbons (Fsp3) is 0.692. The summed E-state index contributed by atoms with van der Waals surface area (Å²) in [5, 5.41) is 0. The van der Waals surface area contributed by atoms with Gasteiger partial charge in [-0.05, 0) is 37.3 Å². The largest absolute Gasteiger partial charge is 0.501 e. The SMILES string of the molecule is COC1=CCC=C(OC)C1CCC(C)C. The zero-order chi connectivity index (χ0) is 11.3. The van der Waals surface area contributed by atoms with Gasteiger partial charge in [-0.25, -0.2) is 0 Å². The molecule has 0 aromatic rings. The van der Waals surface area contributed by atoms with Crippen LogP contribution in [-0.4, -0.2) is 14.2 Å². The van der Waals surface area contributed by atoms with E-state index in [9.17, 15) is 0 Å². The first-order valence-corrected chi connectivity index (χ1v) is 5.67. The van der Waals surface area contributed by atoms with Crippen molar-refractivity contribution in [3.63, 3.8) is 0 Å². The first-order valence-electron chi connectivity index (χ1n) is 5.67. The summed E-state index contributed by atoms with van der Waals surface area (Å²) in [5.41, 5.74) is 0. The Hall–Kier alpha value is -0.920. The summed E-state index contributed by atoms with van der Waals surface area (Å²) in [6.45, 7) is 4.49. The summed E-state index contributed by atoms with van der Waals surface area (Å²) < 4.78 is 10.8. The maximum atomic E-state index is 5.41. The van der Waals surface area contributed by atoms with Crippen LogP contribution in [0.5, 0.6) is 0 Å². The molecule has 0 saturated heterocycles. The molecule has 0 bridgehead atoms. The van der Waals surface area contributed by atoms with E-state index in [0.29, 0.717) is 5.92 Å². The third-order valence-electron chi connectivity index (χ3n) is 2.83. The van der Waals surface area contributed by atoms with Crippen LogP contribution in [-0.2, 0) is 9.47 Å². The van der Waals surface area contributed by atoms with Gasteiger partial charge in [-0.1, -0.05) is 13.8 Å². The molecule has 0 spiro atoms. The van der Waals surface area contributed by atoms with E-state index in [-0.39, 0.29) is 0 Å². The molecule has 2 heteroatoms. The van der Waals surface area contributed by atoms with Crippen LogP contribution in [0.3, 0.4) is 0 Å². The second-order valence-electron chi connectivity index (χ2n) is 4.38. The molecule has 0 saturated carbocycles. The summed E-state index contributed by atoms with van der Waals surface area (Å²) in [6.07, 6.45) is 7.52. The molecule has 0 heterocycles. The first-order chi connectivity index (χ1) is 7.19. The molecule has 1 aliphatic carbocycles. The zero-order valence-corrected chi connectivity index (χ0v) is 10.2. The van der Waals surface area contributed by atoms with Crippen molar-refractivity contribution < 1.29 is 9.47 Å². The van der Waals surface area contributed by atoms with Gasteiger partial charge in [0.25, 0.3) is 0 Å². The Kier molecular flexibility index (Phi) is 4.73. The molecule has 2 nitrogen and oxygen atoms in total. The van der Waals surface area contributed by atoms with E-state index in [1.807, 2.05) is 0 Å². The van der Waals surface area contributed by atoms with Crippen molar-refractivity contribution in [2.75, 3.05) is 14.2 Å². The second kappa shape index (κ2) is 5.84. The van der Waals surface area contributed by atoms with Gasteiger partial charge in [0.15, 0.2) is 0 Å². The number of rotatable bonds is 5. The minimum absolute atomic E-state index is 0.330. The Morgan fingerprint density at radius 2 is 1.73 bits per heavy atom. The maximum Gasteiger partial charge on any atom is 0.102 e. The lowest BCUT2D eigenvalue weighted by Crippen LogP contribution is -2.14. The van der Waals surface area contributed by atoms with E-state index in [1.165, 1.54) is 6.42 Å². The fourth-order valence-corrected chi connectivity index (χ4v) is 1.95. The molecule has 0 aromatic carbocycles. The van der Waals surface area contributed by atoms with Gasteiger partial charge in [0, 0.05) is 0 Å². The van der Waals surface area contributed by atoms with Crippen LogP contribution < -0.4 is 0 Å². The number of hydrogen-bond donors (Lipinski definition) is 0. The van der Waals surface area contributed by atoms with Gasteiger partial charge >= 0.3 is 0 Å². The Balaban J connectivity index is 2.64. The van der Waals surface area contributed by atoms with Gasteiger partial charge in [-0.2, -0.15) is 0 Å². The van der Waals surface area contributed by atoms with E-state index in [0.717, 1.165) is 30.3 Å². The summed E-state index contributed by atoms with van der Waals surface area (Å²) in [4.78, 5) is 0. The van der Waals surface area contributed by atoms with Crippen LogP contribution in [0.15, 0.2) is 23.7 Å². The lowest BCUT2D eigenvalue weighted by molar-refractivity contribution is 0.180. The number of allylic oxidation sites excluding steroid dienone is 2. The molecule has 1 aliphatic rings. The zero-order valence-electron chi connectivity index (χ0n) is 10.2. The van der Waals surface area contributed by atoms with E-state index < -0.39 is 0 Å². The molecule has 15 heavy (non-hydrogen) atoms. The molecule has 0 unspecified atom stereocenters. The van der Waals surface area contributed by atoms with Crippen LogP contribution in [0.4, 0.5) is 0 Å². The lowest BCUT2D eigenvalue weighted by atomic mass is 9.91. The fourth-order valence-electron chi connectivity index (χ4n) is 1.95. The molecule has 0 radical (unpaired) electrons.